The van der Waals surface area contributed by atoms with E-state index in [2.05, 4.69) is 15.3 Å². The molecule has 0 atom stereocenters. The highest BCUT2D eigenvalue weighted by molar-refractivity contribution is 6.33. The Morgan fingerprint density at radius 3 is 3.00 bits per heavy atom. The third-order valence-corrected chi connectivity index (χ3v) is 2.72. The molecule has 1 amide bonds. The predicted octanol–water partition coefficient (Wildman–Crippen LogP) is 2.18. The van der Waals surface area contributed by atoms with Gasteiger partial charge in [0.1, 0.15) is 5.82 Å². The van der Waals surface area contributed by atoms with Crippen LogP contribution < -0.4 is 5.32 Å². The van der Waals surface area contributed by atoms with E-state index in [0.717, 1.165) is 0 Å². The van der Waals surface area contributed by atoms with Crippen LogP contribution in [0, 0.1) is 6.92 Å². The van der Waals surface area contributed by atoms with Crippen molar-refractivity contribution in [2.45, 2.75) is 13.5 Å². The second-order valence-corrected chi connectivity index (χ2v) is 4.33. The van der Waals surface area contributed by atoms with Crippen molar-refractivity contribution in [3.8, 4) is 0 Å². The molecule has 0 bridgehead atoms. The van der Waals surface area contributed by atoms with E-state index >= 15 is 0 Å². The average Bonchev–Trinajstić information content (AvgIpc) is 2.41. The van der Waals surface area contributed by atoms with E-state index in [0.29, 0.717) is 17.1 Å². The van der Waals surface area contributed by atoms with Crippen LogP contribution in [0.5, 0.6) is 0 Å². The van der Waals surface area contributed by atoms with E-state index in [1.807, 2.05) is 0 Å². The van der Waals surface area contributed by atoms with E-state index < -0.39 is 5.91 Å². The molecule has 1 aromatic heterocycles. The Hall–Kier alpha value is -1.98. The Balaban J connectivity index is 2.23. The largest absolute Gasteiger partial charge is 0.392 e. The lowest BCUT2D eigenvalue weighted by Gasteiger charge is -2.07. The lowest BCUT2D eigenvalue weighted by Crippen LogP contribution is -2.15. The zero-order valence-corrected chi connectivity index (χ0v) is 11.0. The number of carbonyl (C=O) groups is 1. The van der Waals surface area contributed by atoms with Crippen LogP contribution in [0.1, 0.15) is 21.9 Å². The Morgan fingerprint density at radius 2 is 2.26 bits per heavy atom. The van der Waals surface area contributed by atoms with Gasteiger partial charge >= 0.3 is 0 Å². The summed E-state index contributed by atoms with van der Waals surface area (Å²) < 4.78 is 0. The van der Waals surface area contributed by atoms with Crippen LogP contribution >= 0.6 is 11.6 Å². The summed E-state index contributed by atoms with van der Waals surface area (Å²) in [5, 5.41) is 11.9. The van der Waals surface area contributed by atoms with Crippen LogP contribution in [0.4, 0.5) is 5.69 Å². The van der Waals surface area contributed by atoms with E-state index in [1.165, 1.54) is 6.20 Å². The minimum Gasteiger partial charge on any atom is -0.392 e. The van der Waals surface area contributed by atoms with Crippen molar-refractivity contribution in [1.29, 1.82) is 0 Å². The number of hydrogen-bond donors (Lipinski definition) is 2. The summed E-state index contributed by atoms with van der Waals surface area (Å²) >= 11 is 5.89. The van der Waals surface area contributed by atoms with Crippen molar-refractivity contribution in [1.82, 2.24) is 9.97 Å². The lowest BCUT2D eigenvalue weighted by molar-refractivity contribution is 0.102. The fourth-order valence-corrected chi connectivity index (χ4v) is 1.73. The van der Waals surface area contributed by atoms with Crippen LogP contribution in [0.2, 0.25) is 5.02 Å². The van der Waals surface area contributed by atoms with Crippen LogP contribution in [0.25, 0.3) is 0 Å². The number of benzene rings is 1. The number of aliphatic hydroxyl groups excluding tert-OH is 1. The number of halogens is 1. The first kappa shape index (κ1) is 13.5. The topological polar surface area (TPSA) is 75.1 Å². The quantitative estimate of drug-likeness (QED) is 0.902. The fraction of sp³-hybridized carbons (Fsp3) is 0.154. The second-order valence-electron chi connectivity index (χ2n) is 3.93. The zero-order chi connectivity index (χ0) is 13.8. The van der Waals surface area contributed by atoms with E-state index in [9.17, 15) is 4.79 Å². The molecular formula is C13H12ClN3O2. The summed E-state index contributed by atoms with van der Waals surface area (Å²) in [7, 11) is 0. The van der Waals surface area contributed by atoms with Crippen molar-refractivity contribution < 1.29 is 9.90 Å². The van der Waals surface area contributed by atoms with E-state index in [4.69, 9.17) is 16.7 Å². The Bertz CT molecular complexity index is 617. The molecule has 6 heteroatoms. The molecule has 2 N–H and O–H groups in total. The molecule has 0 aliphatic heterocycles. The van der Waals surface area contributed by atoms with Gasteiger partial charge in [-0.25, -0.2) is 9.97 Å². The number of aromatic nitrogens is 2. The van der Waals surface area contributed by atoms with Gasteiger partial charge in [0.05, 0.1) is 17.8 Å². The van der Waals surface area contributed by atoms with Crippen molar-refractivity contribution in [2.24, 2.45) is 0 Å². The summed E-state index contributed by atoms with van der Waals surface area (Å²) in [5.74, 6) is 0.0595. The molecule has 2 rings (SSSR count). The average molecular weight is 278 g/mol. The van der Waals surface area contributed by atoms with Crippen molar-refractivity contribution in [2.75, 3.05) is 5.32 Å². The number of nitrogens with zero attached hydrogens (tertiary/aromatic N) is 2. The normalized spacial score (nSPS) is 10.3. The number of nitrogens with one attached hydrogen (secondary N) is 1. The molecular weight excluding hydrogens is 266 g/mol. The van der Waals surface area contributed by atoms with Crippen LogP contribution in [0.3, 0.4) is 0 Å². The molecule has 0 radical (unpaired) electrons. The number of hydrogen-bond acceptors (Lipinski definition) is 4. The highest BCUT2D eigenvalue weighted by atomic mass is 35.5. The van der Waals surface area contributed by atoms with Crippen LogP contribution in [0.15, 0.2) is 30.5 Å². The lowest BCUT2D eigenvalue weighted by atomic mass is 10.2. The first-order chi connectivity index (χ1) is 9.10. The van der Waals surface area contributed by atoms with Gasteiger partial charge in [0.25, 0.3) is 5.91 Å². The molecule has 5 nitrogen and oxygen atoms in total. The summed E-state index contributed by atoms with van der Waals surface area (Å²) in [6.45, 7) is 1.59. The van der Waals surface area contributed by atoms with Gasteiger partial charge in [0, 0.05) is 5.69 Å². The first-order valence-corrected chi connectivity index (χ1v) is 5.98. The third kappa shape index (κ3) is 3.27. The number of anilines is 1. The van der Waals surface area contributed by atoms with Crippen molar-refractivity contribution in [3.05, 3.63) is 52.6 Å². The molecule has 1 aromatic carbocycles. The standard InChI is InChI=1S/C13H12ClN3O2/c1-8-15-6-11(14)12(16-8)13(19)17-10-4-2-3-9(5-10)7-18/h2-6,18H,7H2,1H3,(H,17,19). The summed E-state index contributed by atoms with van der Waals surface area (Å²) in [6, 6.07) is 6.91. The number of amides is 1. The number of carbonyl (C=O) groups excluding carboxylic acids is 1. The maximum absolute atomic E-state index is 12.0. The highest BCUT2D eigenvalue weighted by Crippen LogP contribution is 2.16. The summed E-state index contributed by atoms with van der Waals surface area (Å²) in [4.78, 5) is 19.9. The molecule has 0 spiro atoms. The van der Waals surface area contributed by atoms with Gasteiger partial charge in [0.2, 0.25) is 0 Å². The van der Waals surface area contributed by atoms with Gasteiger partial charge in [0.15, 0.2) is 5.69 Å². The number of aryl methyl sites for hydroxylation is 1. The van der Waals surface area contributed by atoms with Crippen molar-refractivity contribution >= 4 is 23.2 Å². The van der Waals surface area contributed by atoms with Gasteiger partial charge in [-0.2, -0.15) is 0 Å². The Morgan fingerprint density at radius 1 is 1.47 bits per heavy atom. The molecule has 0 aliphatic rings. The molecule has 98 valence electrons. The Kier molecular flexibility index (Phi) is 4.09. The summed E-state index contributed by atoms with van der Waals surface area (Å²) in [5.41, 5.74) is 1.41. The van der Waals surface area contributed by atoms with Crippen LogP contribution in [-0.2, 0) is 6.61 Å². The first-order valence-electron chi connectivity index (χ1n) is 5.60. The minimum atomic E-state index is -0.411. The molecule has 2 aromatic rings. The molecule has 1 heterocycles. The maximum Gasteiger partial charge on any atom is 0.275 e. The SMILES string of the molecule is Cc1ncc(Cl)c(C(=O)Nc2cccc(CO)c2)n1. The zero-order valence-electron chi connectivity index (χ0n) is 10.2. The fourth-order valence-electron chi connectivity index (χ4n) is 1.55. The van der Waals surface area contributed by atoms with Gasteiger partial charge in [-0.1, -0.05) is 23.7 Å². The van der Waals surface area contributed by atoms with Gasteiger partial charge in [-0.05, 0) is 24.6 Å². The van der Waals surface area contributed by atoms with Gasteiger partial charge < -0.3 is 10.4 Å². The number of aliphatic hydroxyl groups is 1. The molecule has 19 heavy (non-hydrogen) atoms. The Labute approximate surface area is 115 Å². The maximum atomic E-state index is 12.0. The predicted molar refractivity (Wildman–Crippen MR) is 72.1 cm³/mol. The van der Waals surface area contributed by atoms with Gasteiger partial charge in [-0.15, -0.1) is 0 Å². The van der Waals surface area contributed by atoms with Crippen LogP contribution in [-0.4, -0.2) is 21.0 Å². The molecule has 0 fully saturated rings. The van der Waals surface area contributed by atoms with E-state index in [-0.39, 0.29) is 17.3 Å². The number of rotatable bonds is 3. The molecule has 0 unspecified atom stereocenters. The minimum absolute atomic E-state index is 0.0862. The third-order valence-electron chi connectivity index (χ3n) is 2.45. The van der Waals surface area contributed by atoms with E-state index in [1.54, 1.807) is 31.2 Å². The summed E-state index contributed by atoms with van der Waals surface area (Å²) in [6.07, 6.45) is 1.39. The smallest absolute Gasteiger partial charge is 0.275 e. The van der Waals surface area contributed by atoms with Gasteiger partial charge in [-0.3, -0.25) is 4.79 Å². The monoisotopic (exact) mass is 277 g/mol. The highest BCUT2D eigenvalue weighted by Gasteiger charge is 2.13. The molecule has 0 saturated heterocycles. The molecule has 0 saturated carbocycles. The second kappa shape index (κ2) is 5.77. The van der Waals surface area contributed by atoms with Crippen molar-refractivity contribution in [3.63, 3.8) is 0 Å². The molecule has 0 aliphatic carbocycles.